The van der Waals surface area contributed by atoms with Crippen molar-refractivity contribution in [3.05, 3.63) is 17.7 Å². The maximum Gasteiger partial charge on any atom is 0.303 e. The first-order chi connectivity index (χ1) is 9.63. The monoisotopic (exact) mass is 281 g/mol. The van der Waals surface area contributed by atoms with E-state index < -0.39 is 12.0 Å². The fourth-order valence-electron chi connectivity index (χ4n) is 2.16. The van der Waals surface area contributed by atoms with Crippen LogP contribution < -0.4 is 19.9 Å². The van der Waals surface area contributed by atoms with Gasteiger partial charge in [0.2, 0.25) is 5.75 Å². The second-order valence-corrected chi connectivity index (χ2v) is 4.60. The van der Waals surface area contributed by atoms with Crippen molar-refractivity contribution in [2.24, 2.45) is 5.73 Å². The van der Waals surface area contributed by atoms with Crippen molar-refractivity contribution in [2.75, 3.05) is 20.3 Å². The third-order valence-electron chi connectivity index (χ3n) is 3.17. The zero-order chi connectivity index (χ0) is 14.5. The molecule has 1 unspecified atom stereocenters. The van der Waals surface area contributed by atoms with Gasteiger partial charge in [0, 0.05) is 24.4 Å². The molecule has 0 aromatic heterocycles. The van der Waals surface area contributed by atoms with Crippen LogP contribution in [0.3, 0.4) is 0 Å². The first-order valence-corrected chi connectivity index (χ1v) is 6.57. The number of fused-ring (bicyclic) bond motifs is 1. The quantitative estimate of drug-likeness (QED) is 0.854. The minimum absolute atomic E-state index is 0.0127. The molecule has 0 fully saturated rings. The van der Waals surface area contributed by atoms with Crippen LogP contribution in [0, 0.1) is 0 Å². The van der Waals surface area contributed by atoms with E-state index in [0.717, 1.165) is 12.0 Å². The summed E-state index contributed by atoms with van der Waals surface area (Å²) < 4.78 is 16.6. The predicted molar refractivity (Wildman–Crippen MR) is 72.4 cm³/mol. The summed E-state index contributed by atoms with van der Waals surface area (Å²) in [5, 5.41) is 8.73. The van der Waals surface area contributed by atoms with Gasteiger partial charge in [-0.05, 0) is 18.6 Å². The number of aliphatic carboxylic acids is 1. The van der Waals surface area contributed by atoms with Gasteiger partial charge in [0.1, 0.15) is 0 Å². The highest BCUT2D eigenvalue weighted by molar-refractivity contribution is 5.67. The van der Waals surface area contributed by atoms with E-state index in [2.05, 4.69) is 0 Å². The lowest BCUT2D eigenvalue weighted by Crippen LogP contribution is -2.14. The lowest BCUT2D eigenvalue weighted by molar-refractivity contribution is -0.137. The van der Waals surface area contributed by atoms with Crippen molar-refractivity contribution in [1.29, 1.82) is 0 Å². The molecule has 2 rings (SSSR count). The van der Waals surface area contributed by atoms with Crippen molar-refractivity contribution in [2.45, 2.75) is 25.3 Å². The molecule has 6 nitrogen and oxygen atoms in total. The number of carboxylic acids is 1. The lowest BCUT2D eigenvalue weighted by Gasteiger charge is -2.19. The van der Waals surface area contributed by atoms with Crippen molar-refractivity contribution < 1.29 is 24.1 Å². The van der Waals surface area contributed by atoms with Crippen LogP contribution in [0.4, 0.5) is 0 Å². The van der Waals surface area contributed by atoms with Gasteiger partial charge in [0.25, 0.3) is 0 Å². The van der Waals surface area contributed by atoms with E-state index in [9.17, 15) is 4.79 Å². The summed E-state index contributed by atoms with van der Waals surface area (Å²) in [5.41, 5.74) is 6.79. The molecule has 1 aromatic carbocycles. The molecule has 110 valence electrons. The Hall–Kier alpha value is -1.95. The zero-order valence-electron chi connectivity index (χ0n) is 11.4. The minimum atomic E-state index is -0.867. The van der Waals surface area contributed by atoms with E-state index in [4.69, 9.17) is 25.1 Å². The smallest absolute Gasteiger partial charge is 0.303 e. The van der Waals surface area contributed by atoms with Crippen LogP contribution in [0.15, 0.2) is 12.1 Å². The van der Waals surface area contributed by atoms with Gasteiger partial charge in [-0.1, -0.05) is 0 Å². The van der Waals surface area contributed by atoms with Gasteiger partial charge in [0.05, 0.1) is 20.3 Å². The van der Waals surface area contributed by atoms with E-state index in [1.54, 1.807) is 12.1 Å². The van der Waals surface area contributed by atoms with Crippen LogP contribution in [-0.2, 0) is 4.79 Å². The Labute approximate surface area is 117 Å². The van der Waals surface area contributed by atoms with E-state index in [0.29, 0.717) is 36.9 Å². The highest BCUT2D eigenvalue weighted by Crippen LogP contribution is 2.43. The van der Waals surface area contributed by atoms with Gasteiger partial charge in [-0.15, -0.1) is 0 Å². The Kier molecular flexibility index (Phi) is 4.68. The molecular weight excluding hydrogens is 262 g/mol. The molecule has 3 N–H and O–H groups in total. The van der Waals surface area contributed by atoms with E-state index in [-0.39, 0.29) is 6.42 Å². The van der Waals surface area contributed by atoms with Gasteiger partial charge in [-0.2, -0.15) is 0 Å². The number of rotatable bonds is 5. The Bertz CT molecular complexity index is 489. The Morgan fingerprint density at radius 2 is 2.20 bits per heavy atom. The predicted octanol–water partition coefficient (Wildman–Crippen LogP) is 1.72. The summed E-state index contributed by atoms with van der Waals surface area (Å²) >= 11 is 0. The van der Waals surface area contributed by atoms with Crippen molar-refractivity contribution in [3.8, 4) is 17.2 Å². The first kappa shape index (κ1) is 14.5. The molecule has 0 bridgehead atoms. The number of carboxylic acid groups (broad SMARTS) is 1. The third-order valence-corrected chi connectivity index (χ3v) is 3.17. The molecule has 1 atom stereocenters. The summed E-state index contributed by atoms with van der Waals surface area (Å²) in [6.45, 7) is 1.15. The van der Waals surface area contributed by atoms with Gasteiger partial charge in [-0.3, -0.25) is 4.79 Å². The molecule has 0 amide bonds. The molecule has 1 aliphatic rings. The molecule has 0 radical (unpaired) electrons. The highest BCUT2D eigenvalue weighted by atomic mass is 16.5. The fourth-order valence-corrected chi connectivity index (χ4v) is 2.16. The van der Waals surface area contributed by atoms with Crippen molar-refractivity contribution in [1.82, 2.24) is 0 Å². The molecule has 20 heavy (non-hydrogen) atoms. The maximum atomic E-state index is 10.6. The molecule has 1 aliphatic heterocycles. The van der Waals surface area contributed by atoms with Gasteiger partial charge >= 0.3 is 5.97 Å². The van der Waals surface area contributed by atoms with Gasteiger partial charge in [-0.25, -0.2) is 0 Å². The lowest BCUT2D eigenvalue weighted by atomic mass is 10.0. The van der Waals surface area contributed by atoms with Crippen LogP contribution >= 0.6 is 0 Å². The summed E-state index contributed by atoms with van der Waals surface area (Å²) in [6, 6.07) is 3.18. The zero-order valence-corrected chi connectivity index (χ0v) is 11.4. The van der Waals surface area contributed by atoms with Crippen LogP contribution in [-0.4, -0.2) is 31.4 Å². The number of ether oxygens (including phenoxy) is 3. The number of benzene rings is 1. The Balaban J connectivity index is 2.29. The molecule has 0 saturated carbocycles. The molecule has 6 heteroatoms. The topological polar surface area (TPSA) is 91.0 Å². The molecular formula is C14H19NO5. The molecule has 1 heterocycles. The molecule has 1 aromatic rings. The van der Waals surface area contributed by atoms with Crippen molar-refractivity contribution >= 4 is 5.97 Å². The standard InChI is InChI=1S/C14H19NO5/c1-18-13-9(10(15)4-6-12(16)17)3-5-11-14(13)20-8-2-7-19-11/h3,5,10H,2,4,6-8,15H2,1H3,(H,16,17). The fraction of sp³-hybridized carbons (Fsp3) is 0.500. The number of carbonyl (C=O) groups is 1. The summed E-state index contributed by atoms with van der Waals surface area (Å²) in [7, 11) is 1.54. The highest BCUT2D eigenvalue weighted by Gasteiger charge is 2.22. The SMILES string of the molecule is COc1c(C(N)CCC(=O)O)ccc2c1OCCCO2. The average molecular weight is 281 g/mol. The maximum absolute atomic E-state index is 10.6. The third kappa shape index (κ3) is 3.14. The second kappa shape index (κ2) is 6.47. The normalized spacial score (nSPS) is 15.3. The summed E-state index contributed by atoms with van der Waals surface area (Å²) in [4.78, 5) is 10.6. The first-order valence-electron chi connectivity index (χ1n) is 6.57. The average Bonchev–Trinajstić information content (AvgIpc) is 2.68. The number of methoxy groups -OCH3 is 1. The molecule has 0 aliphatic carbocycles. The minimum Gasteiger partial charge on any atom is -0.492 e. The van der Waals surface area contributed by atoms with Crippen LogP contribution in [0.25, 0.3) is 0 Å². The number of hydrogen-bond donors (Lipinski definition) is 2. The number of hydrogen-bond acceptors (Lipinski definition) is 5. The molecule has 0 spiro atoms. The van der Waals surface area contributed by atoms with Gasteiger partial charge in [0.15, 0.2) is 11.5 Å². The van der Waals surface area contributed by atoms with Crippen LogP contribution in [0.2, 0.25) is 0 Å². The van der Waals surface area contributed by atoms with E-state index in [1.165, 1.54) is 7.11 Å². The van der Waals surface area contributed by atoms with E-state index in [1.807, 2.05) is 0 Å². The van der Waals surface area contributed by atoms with Crippen molar-refractivity contribution in [3.63, 3.8) is 0 Å². The molecule has 0 saturated heterocycles. The second-order valence-electron chi connectivity index (χ2n) is 4.60. The van der Waals surface area contributed by atoms with Gasteiger partial charge < -0.3 is 25.1 Å². The number of nitrogens with two attached hydrogens (primary N) is 1. The Morgan fingerprint density at radius 1 is 1.45 bits per heavy atom. The van der Waals surface area contributed by atoms with Crippen LogP contribution in [0.1, 0.15) is 30.9 Å². The van der Waals surface area contributed by atoms with Crippen LogP contribution in [0.5, 0.6) is 17.2 Å². The Morgan fingerprint density at radius 3 is 2.90 bits per heavy atom. The summed E-state index contributed by atoms with van der Waals surface area (Å²) in [6.07, 6.45) is 1.16. The largest absolute Gasteiger partial charge is 0.492 e. The summed E-state index contributed by atoms with van der Waals surface area (Å²) in [5.74, 6) is 0.845. The van der Waals surface area contributed by atoms with E-state index >= 15 is 0 Å².